The zero-order valence-electron chi connectivity index (χ0n) is 19.2. The molecular formula is C29H32N2O. The molecule has 0 saturated carbocycles. The number of rotatable bonds is 6. The van der Waals surface area contributed by atoms with Gasteiger partial charge in [0.25, 0.3) is 5.91 Å². The minimum atomic E-state index is -0.111. The molecule has 1 aliphatic carbocycles. The van der Waals surface area contributed by atoms with Crippen molar-refractivity contribution in [3.05, 3.63) is 113 Å². The first-order valence-corrected chi connectivity index (χ1v) is 10.9. The van der Waals surface area contributed by atoms with Gasteiger partial charge in [-0.3, -0.25) is 4.79 Å². The van der Waals surface area contributed by atoms with Crippen molar-refractivity contribution in [1.29, 1.82) is 0 Å². The maximum Gasteiger partial charge on any atom is 0.252 e. The summed E-state index contributed by atoms with van der Waals surface area (Å²) in [5.74, 6) is -0.111. The Balaban J connectivity index is 1.87. The van der Waals surface area contributed by atoms with E-state index in [1.165, 1.54) is 5.56 Å². The molecule has 164 valence electrons. The van der Waals surface area contributed by atoms with Crippen LogP contribution in [0.4, 0.5) is 5.69 Å². The van der Waals surface area contributed by atoms with Gasteiger partial charge in [-0.05, 0) is 57.9 Å². The quantitative estimate of drug-likeness (QED) is 0.419. The number of carbonyl (C=O) groups excluding carboxylic acids is 1. The minimum absolute atomic E-state index is 0.0873. The summed E-state index contributed by atoms with van der Waals surface area (Å²) >= 11 is 0. The molecule has 0 saturated heterocycles. The zero-order valence-corrected chi connectivity index (χ0v) is 19.2. The summed E-state index contributed by atoms with van der Waals surface area (Å²) in [7, 11) is 0. The maximum atomic E-state index is 13.3. The van der Waals surface area contributed by atoms with Gasteiger partial charge in [0.2, 0.25) is 0 Å². The monoisotopic (exact) mass is 424 g/mol. The first-order chi connectivity index (χ1) is 15.3. The van der Waals surface area contributed by atoms with Gasteiger partial charge >= 0.3 is 0 Å². The van der Waals surface area contributed by atoms with E-state index in [0.717, 1.165) is 28.7 Å². The zero-order chi connectivity index (χ0) is 23.1. The molecule has 0 atom stereocenters. The van der Waals surface area contributed by atoms with E-state index < -0.39 is 0 Å². The number of nitrogens with one attached hydrogen (secondary N) is 1. The molecule has 0 radical (unpaired) electrons. The molecule has 1 aliphatic rings. The van der Waals surface area contributed by atoms with Crippen LogP contribution in [0.3, 0.4) is 0 Å². The van der Waals surface area contributed by atoms with Crippen LogP contribution in [-0.2, 0) is 16.8 Å². The average Bonchev–Trinajstić information content (AvgIpc) is 3.06. The Kier molecular flexibility index (Phi) is 7.32. The lowest BCUT2D eigenvalue weighted by Crippen LogP contribution is -2.25. The highest BCUT2D eigenvalue weighted by atomic mass is 16.1. The third-order valence-electron chi connectivity index (χ3n) is 5.46. The highest BCUT2D eigenvalue weighted by Crippen LogP contribution is 2.24. The van der Waals surface area contributed by atoms with E-state index in [1.807, 2.05) is 42.5 Å². The minimum Gasteiger partial charge on any atom is -0.398 e. The Morgan fingerprint density at radius 2 is 1.88 bits per heavy atom. The second-order valence-electron chi connectivity index (χ2n) is 8.96. The van der Waals surface area contributed by atoms with Crippen molar-refractivity contribution in [1.82, 2.24) is 5.32 Å². The van der Waals surface area contributed by atoms with Crippen LogP contribution < -0.4 is 11.1 Å². The van der Waals surface area contributed by atoms with E-state index in [-0.39, 0.29) is 11.3 Å². The predicted molar refractivity (Wildman–Crippen MR) is 137 cm³/mol. The van der Waals surface area contributed by atoms with E-state index in [9.17, 15) is 4.79 Å². The summed E-state index contributed by atoms with van der Waals surface area (Å²) in [5.41, 5.74) is 12.4. The highest BCUT2D eigenvalue weighted by Gasteiger charge is 2.15. The topological polar surface area (TPSA) is 55.1 Å². The normalized spacial score (nSPS) is 14.0. The summed E-state index contributed by atoms with van der Waals surface area (Å²) in [6.45, 7) is 10.8. The van der Waals surface area contributed by atoms with E-state index in [1.54, 1.807) is 6.08 Å². The third-order valence-corrected chi connectivity index (χ3v) is 5.46. The van der Waals surface area contributed by atoms with Crippen molar-refractivity contribution in [3.8, 4) is 0 Å². The van der Waals surface area contributed by atoms with Gasteiger partial charge in [-0.15, -0.1) is 0 Å². The number of allylic oxidation sites excluding steroid dienone is 5. The molecule has 2 aromatic carbocycles. The van der Waals surface area contributed by atoms with Gasteiger partial charge in [-0.25, -0.2) is 0 Å². The van der Waals surface area contributed by atoms with Crippen LogP contribution in [0.2, 0.25) is 0 Å². The summed E-state index contributed by atoms with van der Waals surface area (Å²) in [6.07, 6.45) is 14.6. The number of benzene rings is 2. The second-order valence-corrected chi connectivity index (χ2v) is 8.96. The first kappa shape index (κ1) is 23.1. The van der Waals surface area contributed by atoms with Gasteiger partial charge in [-0.1, -0.05) is 94.1 Å². The molecular weight excluding hydrogens is 392 g/mol. The molecule has 0 bridgehead atoms. The largest absolute Gasteiger partial charge is 0.398 e. The Labute approximate surface area is 191 Å². The van der Waals surface area contributed by atoms with Gasteiger partial charge in [0.05, 0.1) is 0 Å². The van der Waals surface area contributed by atoms with Crippen molar-refractivity contribution in [2.75, 3.05) is 5.73 Å². The molecule has 3 rings (SSSR count). The highest BCUT2D eigenvalue weighted by molar-refractivity contribution is 6.03. The van der Waals surface area contributed by atoms with Crippen LogP contribution >= 0.6 is 0 Å². The second kappa shape index (κ2) is 10.1. The molecule has 0 spiro atoms. The molecule has 3 nitrogen and oxygen atoms in total. The lowest BCUT2D eigenvalue weighted by Gasteiger charge is -2.19. The number of carbonyl (C=O) groups is 1. The Morgan fingerprint density at radius 1 is 1.12 bits per heavy atom. The van der Waals surface area contributed by atoms with Gasteiger partial charge < -0.3 is 11.1 Å². The third kappa shape index (κ3) is 5.98. The number of nitrogens with two attached hydrogens (primary N) is 1. The fraction of sp³-hybridized carbons (Fsp3) is 0.207. The summed E-state index contributed by atoms with van der Waals surface area (Å²) in [6, 6.07) is 14.1. The number of amides is 1. The van der Waals surface area contributed by atoms with Crippen molar-refractivity contribution in [2.45, 2.75) is 39.2 Å². The fourth-order valence-corrected chi connectivity index (χ4v) is 3.49. The molecule has 0 aliphatic heterocycles. The Bertz CT molecular complexity index is 1110. The van der Waals surface area contributed by atoms with E-state index in [4.69, 9.17) is 5.73 Å². The van der Waals surface area contributed by atoms with Crippen LogP contribution in [0.1, 0.15) is 49.4 Å². The fourth-order valence-electron chi connectivity index (χ4n) is 3.49. The van der Waals surface area contributed by atoms with Crippen molar-refractivity contribution >= 4 is 23.7 Å². The van der Waals surface area contributed by atoms with Gasteiger partial charge in [-0.2, -0.15) is 0 Å². The number of hydrogen-bond acceptors (Lipinski definition) is 2. The van der Waals surface area contributed by atoms with Crippen LogP contribution in [0, 0.1) is 0 Å². The van der Waals surface area contributed by atoms with E-state index in [2.05, 4.69) is 69.1 Å². The van der Waals surface area contributed by atoms with Crippen LogP contribution in [0.25, 0.3) is 12.2 Å². The Morgan fingerprint density at radius 3 is 2.56 bits per heavy atom. The smallest absolute Gasteiger partial charge is 0.252 e. The molecule has 0 unspecified atom stereocenters. The van der Waals surface area contributed by atoms with Crippen molar-refractivity contribution < 1.29 is 4.79 Å². The number of anilines is 1. The molecule has 0 aromatic heterocycles. The molecule has 0 heterocycles. The van der Waals surface area contributed by atoms with Crippen LogP contribution in [0.15, 0.2) is 90.6 Å². The SMILES string of the molecule is C=Cc1cc(CNC(=O)/C(=C/c2ccc(C(C)(C)C)cc2)C2=CCC=CC=C2)ccc1N. The molecule has 0 fully saturated rings. The molecule has 3 heteroatoms. The molecule has 2 aromatic rings. The van der Waals surface area contributed by atoms with Crippen molar-refractivity contribution in [2.24, 2.45) is 0 Å². The molecule has 3 N–H and O–H groups in total. The summed E-state index contributed by atoms with van der Waals surface area (Å²) < 4.78 is 0. The first-order valence-electron chi connectivity index (χ1n) is 10.9. The predicted octanol–water partition coefficient (Wildman–Crippen LogP) is 6.35. The lowest BCUT2D eigenvalue weighted by atomic mass is 9.86. The lowest BCUT2D eigenvalue weighted by molar-refractivity contribution is -0.117. The number of nitrogen functional groups attached to an aromatic ring is 1. The van der Waals surface area contributed by atoms with Crippen LogP contribution in [0.5, 0.6) is 0 Å². The van der Waals surface area contributed by atoms with Crippen molar-refractivity contribution in [3.63, 3.8) is 0 Å². The summed E-state index contributed by atoms with van der Waals surface area (Å²) in [4.78, 5) is 13.3. The van der Waals surface area contributed by atoms with Gasteiger partial charge in [0.15, 0.2) is 0 Å². The maximum absolute atomic E-state index is 13.3. The summed E-state index contributed by atoms with van der Waals surface area (Å²) in [5, 5.41) is 3.07. The van der Waals surface area contributed by atoms with Gasteiger partial charge in [0.1, 0.15) is 0 Å². The molecule has 1 amide bonds. The Hall–Kier alpha value is -3.59. The average molecular weight is 425 g/mol. The van der Waals surface area contributed by atoms with E-state index >= 15 is 0 Å². The number of hydrogen-bond donors (Lipinski definition) is 2. The standard InChI is InChI=1S/C29H32N2O/c1-5-23-18-22(14-17-27(23)30)20-31-28(32)26(24-10-8-6-7-9-11-24)19-21-12-15-25(16-13-21)29(2,3)4/h5-8,10-19H,1,9,20,30H2,2-4H3,(H,31,32)/b26-19+. The van der Waals surface area contributed by atoms with Gasteiger partial charge in [0, 0.05) is 17.8 Å². The van der Waals surface area contributed by atoms with Crippen LogP contribution in [-0.4, -0.2) is 5.91 Å². The molecule has 32 heavy (non-hydrogen) atoms. The van der Waals surface area contributed by atoms with E-state index in [0.29, 0.717) is 17.8 Å².